The van der Waals surface area contributed by atoms with Gasteiger partial charge < -0.3 is 16.0 Å². The van der Waals surface area contributed by atoms with Gasteiger partial charge >= 0.3 is 0 Å². The summed E-state index contributed by atoms with van der Waals surface area (Å²) in [6.45, 7) is 5.06. The summed E-state index contributed by atoms with van der Waals surface area (Å²) in [5.41, 5.74) is 3.20. The highest BCUT2D eigenvalue weighted by Crippen LogP contribution is 2.28. The van der Waals surface area contributed by atoms with E-state index in [1.54, 1.807) is 44.2 Å². The Bertz CT molecular complexity index is 1280. The molecule has 0 bridgehead atoms. The Hall–Kier alpha value is -3.76. The number of nitrogens with one attached hydrogen (secondary N) is 3. The molecule has 35 heavy (non-hydrogen) atoms. The molecular formula is C25H24N4O4S2. The first-order valence-electron chi connectivity index (χ1n) is 10.6. The van der Waals surface area contributed by atoms with Gasteiger partial charge in [0.1, 0.15) is 0 Å². The van der Waals surface area contributed by atoms with E-state index < -0.39 is 10.2 Å². The van der Waals surface area contributed by atoms with Crippen LogP contribution in [0.5, 0.6) is 0 Å². The molecule has 0 aliphatic heterocycles. The molecule has 3 N–H and O–H groups in total. The first-order chi connectivity index (χ1) is 16.6. The molecule has 180 valence electrons. The third-order valence-corrected chi connectivity index (χ3v) is 6.31. The number of ketones is 1. The second kappa shape index (κ2) is 11.6. The number of hydrogen-bond acceptors (Lipinski definition) is 6. The number of nitro benzene ring substituents is 1. The van der Waals surface area contributed by atoms with Gasteiger partial charge in [-0.25, -0.2) is 0 Å². The van der Waals surface area contributed by atoms with Crippen molar-refractivity contribution in [2.75, 3.05) is 16.0 Å². The molecule has 3 aromatic rings. The highest BCUT2D eigenvalue weighted by atomic mass is 32.2. The van der Waals surface area contributed by atoms with Crippen molar-refractivity contribution in [3.63, 3.8) is 0 Å². The summed E-state index contributed by atoms with van der Waals surface area (Å²) in [7, 11) is 0. The van der Waals surface area contributed by atoms with E-state index in [4.69, 9.17) is 12.2 Å². The van der Waals surface area contributed by atoms with Gasteiger partial charge in [0.25, 0.3) is 5.69 Å². The molecule has 1 amide bonds. The fourth-order valence-corrected chi connectivity index (χ4v) is 4.24. The number of amides is 1. The lowest BCUT2D eigenvalue weighted by Crippen LogP contribution is -2.23. The third-order valence-electron chi connectivity index (χ3n) is 5.01. The molecule has 0 heterocycles. The zero-order valence-electron chi connectivity index (χ0n) is 19.3. The molecule has 10 heteroatoms. The number of benzene rings is 3. The van der Waals surface area contributed by atoms with Crippen molar-refractivity contribution in [3.05, 3.63) is 88.0 Å². The van der Waals surface area contributed by atoms with Gasteiger partial charge in [-0.05, 0) is 81.0 Å². The number of thioether (sulfide) groups is 1. The fraction of sp³-hybridized carbons (Fsp3) is 0.160. The first kappa shape index (κ1) is 25.9. The number of carbonyl (C=O) groups excluding carboxylic acids is 2. The van der Waals surface area contributed by atoms with Crippen LogP contribution in [0.1, 0.15) is 29.8 Å². The maximum Gasteiger partial charge on any atom is 0.271 e. The maximum absolute atomic E-state index is 12.7. The highest BCUT2D eigenvalue weighted by molar-refractivity contribution is 8.00. The van der Waals surface area contributed by atoms with E-state index in [1.807, 2.05) is 24.3 Å². The predicted octanol–water partition coefficient (Wildman–Crippen LogP) is 6.03. The summed E-state index contributed by atoms with van der Waals surface area (Å²) in [5, 5.41) is 19.9. The number of rotatable bonds is 8. The lowest BCUT2D eigenvalue weighted by molar-refractivity contribution is -0.384. The van der Waals surface area contributed by atoms with Crippen LogP contribution in [0.4, 0.5) is 22.7 Å². The average Bonchev–Trinajstić information content (AvgIpc) is 2.80. The van der Waals surface area contributed by atoms with Gasteiger partial charge in [-0.2, -0.15) is 0 Å². The third kappa shape index (κ3) is 7.36. The van der Waals surface area contributed by atoms with Crippen molar-refractivity contribution in [2.24, 2.45) is 0 Å². The summed E-state index contributed by atoms with van der Waals surface area (Å²) in [5.74, 6) is -0.266. The SMILES string of the molecule is CC(=O)c1ccc(NC(=S)Nc2cccc(SC(C)C(=O)Nc3cc([N+](=O)[O-])ccc3C)c2)cc1. The lowest BCUT2D eigenvalue weighted by atomic mass is 10.1. The van der Waals surface area contributed by atoms with Crippen molar-refractivity contribution in [1.29, 1.82) is 0 Å². The van der Waals surface area contributed by atoms with Gasteiger partial charge in [-0.15, -0.1) is 11.8 Å². The number of thiocarbonyl (C=S) groups is 1. The number of nitrogens with zero attached hydrogens (tertiary/aromatic N) is 1. The van der Waals surface area contributed by atoms with Gasteiger partial charge in [0.05, 0.1) is 15.9 Å². The van der Waals surface area contributed by atoms with Gasteiger partial charge in [0, 0.05) is 34.0 Å². The van der Waals surface area contributed by atoms with Crippen molar-refractivity contribution in [2.45, 2.75) is 30.9 Å². The quantitative estimate of drug-likeness (QED) is 0.111. The summed E-state index contributed by atoms with van der Waals surface area (Å²) >= 11 is 6.74. The monoisotopic (exact) mass is 508 g/mol. The molecule has 8 nitrogen and oxygen atoms in total. The van der Waals surface area contributed by atoms with Crippen LogP contribution in [0, 0.1) is 17.0 Å². The minimum Gasteiger partial charge on any atom is -0.332 e. The Labute approximate surface area is 212 Å². The van der Waals surface area contributed by atoms with E-state index in [0.29, 0.717) is 16.4 Å². The zero-order valence-corrected chi connectivity index (χ0v) is 21.0. The summed E-state index contributed by atoms with van der Waals surface area (Å²) in [6, 6.07) is 18.8. The minimum atomic E-state index is -0.494. The van der Waals surface area contributed by atoms with Crippen molar-refractivity contribution < 1.29 is 14.5 Å². The number of nitro groups is 1. The predicted molar refractivity (Wildman–Crippen MR) is 145 cm³/mol. The fourth-order valence-electron chi connectivity index (χ4n) is 3.08. The van der Waals surface area contributed by atoms with Crippen molar-refractivity contribution in [3.8, 4) is 0 Å². The number of aryl methyl sites for hydroxylation is 1. The molecule has 1 atom stereocenters. The summed E-state index contributed by atoms with van der Waals surface area (Å²) in [4.78, 5) is 35.5. The summed E-state index contributed by atoms with van der Waals surface area (Å²) < 4.78 is 0. The van der Waals surface area contributed by atoms with E-state index >= 15 is 0 Å². The molecule has 3 aromatic carbocycles. The molecule has 0 fully saturated rings. The van der Waals surface area contributed by atoms with Crippen LogP contribution in [0.15, 0.2) is 71.6 Å². The number of Topliss-reactive ketones (excluding diaryl/α,β-unsaturated/α-hetero) is 1. The molecular weight excluding hydrogens is 484 g/mol. The van der Waals surface area contributed by atoms with Crippen molar-refractivity contribution >= 4 is 63.5 Å². The Kier molecular flexibility index (Phi) is 8.56. The smallest absolute Gasteiger partial charge is 0.271 e. The second-order valence-corrected chi connectivity index (χ2v) is 9.57. The van der Waals surface area contributed by atoms with Crippen LogP contribution in [0.25, 0.3) is 0 Å². The number of non-ortho nitro benzene ring substituents is 1. The number of hydrogen-bond donors (Lipinski definition) is 3. The van der Waals surface area contributed by atoms with Gasteiger partial charge in [-0.1, -0.05) is 12.1 Å². The Morgan fingerprint density at radius 3 is 2.31 bits per heavy atom. The number of carbonyl (C=O) groups is 2. The van der Waals surface area contributed by atoms with Gasteiger partial charge in [0.2, 0.25) is 5.91 Å². The van der Waals surface area contributed by atoms with Crippen molar-refractivity contribution in [1.82, 2.24) is 0 Å². The topological polar surface area (TPSA) is 113 Å². The van der Waals surface area contributed by atoms with Crippen LogP contribution in [0.2, 0.25) is 0 Å². The van der Waals surface area contributed by atoms with E-state index in [0.717, 1.165) is 21.8 Å². The van der Waals surface area contributed by atoms with Crippen LogP contribution in [0.3, 0.4) is 0 Å². The molecule has 0 spiro atoms. The second-order valence-electron chi connectivity index (χ2n) is 7.75. The Morgan fingerprint density at radius 2 is 1.66 bits per heavy atom. The molecule has 3 rings (SSSR count). The van der Waals surface area contributed by atoms with Crippen LogP contribution in [-0.4, -0.2) is 27.0 Å². The molecule has 0 aromatic heterocycles. The van der Waals surface area contributed by atoms with Gasteiger partial charge in [0.15, 0.2) is 10.9 Å². The largest absolute Gasteiger partial charge is 0.332 e. The molecule has 0 saturated heterocycles. The highest BCUT2D eigenvalue weighted by Gasteiger charge is 2.17. The molecule has 0 aliphatic rings. The molecule has 0 radical (unpaired) electrons. The van der Waals surface area contributed by atoms with E-state index in [9.17, 15) is 19.7 Å². The standard InChI is InChI=1S/C25H24N4O4S2/c1-15-7-12-21(29(32)33)14-23(15)28-24(31)17(3)35-22-6-4-5-20(13-22)27-25(34)26-19-10-8-18(9-11-19)16(2)30/h4-14,17H,1-3H3,(H,28,31)(H2,26,27,34). The average molecular weight is 509 g/mol. The first-order valence-corrected chi connectivity index (χ1v) is 11.9. The van der Waals surface area contributed by atoms with E-state index in [2.05, 4.69) is 16.0 Å². The van der Waals surface area contributed by atoms with Crippen LogP contribution in [-0.2, 0) is 4.79 Å². The Morgan fingerprint density at radius 1 is 0.971 bits per heavy atom. The molecule has 0 saturated carbocycles. The normalized spacial score (nSPS) is 11.3. The number of anilines is 3. The lowest BCUT2D eigenvalue weighted by Gasteiger charge is -2.15. The molecule has 0 aliphatic carbocycles. The maximum atomic E-state index is 12.7. The molecule has 1 unspecified atom stereocenters. The van der Waals surface area contributed by atoms with E-state index in [1.165, 1.54) is 30.8 Å². The van der Waals surface area contributed by atoms with E-state index in [-0.39, 0.29) is 17.4 Å². The zero-order chi connectivity index (χ0) is 25.5. The minimum absolute atomic E-state index is 0.00491. The van der Waals surface area contributed by atoms with Crippen LogP contribution >= 0.6 is 24.0 Å². The van der Waals surface area contributed by atoms with Crippen LogP contribution < -0.4 is 16.0 Å². The van der Waals surface area contributed by atoms with Gasteiger partial charge in [-0.3, -0.25) is 19.7 Å². The summed E-state index contributed by atoms with van der Waals surface area (Å²) in [6.07, 6.45) is 0. The Balaban J connectivity index is 1.59.